The van der Waals surface area contributed by atoms with E-state index in [0.717, 1.165) is 16.5 Å². The van der Waals surface area contributed by atoms with Crippen molar-refractivity contribution in [3.05, 3.63) is 28.8 Å². The van der Waals surface area contributed by atoms with Gasteiger partial charge in [0.05, 0.1) is 10.5 Å². The zero-order valence-electron chi connectivity index (χ0n) is 8.46. The molecule has 5 heteroatoms. The van der Waals surface area contributed by atoms with Crippen LogP contribution in [-0.4, -0.2) is 16.1 Å². The van der Waals surface area contributed by atoms with Gasteiger partial charge in [0.2, 0.25) is 0 Å². The lowest BCUT2D eigenvalue weighted by Gasteiger charge is -1.98. The van der Waals surface area contributed by atoms with Crippen LogP contribution in [0, 0.1) is 0 Å². The second-order valence-electron chi connectivity index (χ2n) is 3.57. The molecule has 1 heterocycles. The Morgan fingerprint density at radius 1 is 1.50 bits per heavy atom. The number of benzene rings is 1. The van der Waals surface area contributed by atoms with Crippen molar-refractivity contribution in [2.45, 2.75) is 12.8 Å². The van der Waals surface area contributed by atoms with E-state index >= 15 is 0 Å². The Balaban J connectivity index is 2.48. The molecule has 0 saturated carbocycles. The summed E-state index contributed by atoms with van der Waals surface area (Å²) in [6, 6.07) is 5.47. The molecule has 0 spiro atoms. The van der Waals surface area contributed by atoms with Crippen LogP contribution >= 0.6 is 11.6 Å². The van der Waals surface area contributed by atoms with Crippen LogP contribution in [0.2, 0.25) is 5.02 Å². The number of carbonyl (C=O) groups is 1. The highest BCUT2D eigenvalue weighted by Gasteiger charge is 2.12. The van der Waals surface area contributed by atoms with E-state index in [-0.39, 0.29) is 6.42 Å². The molecule has 4 nitrogen and oxygen atoms in total. The Kier molecular flexibility index (Phi) is 2.75. The molecule has 0 aliphatic heterocycles. The Labute approximate surface area is 97.0 Å². The fraction of sp³-hybridized carbons (Fsp3) is 0.182. The van der Waals surface area contributed by atoms with Crippen molar-refractivity contribution in [2.75, 3.05) is 5.73 Å². The van der Waals surface area contributed by atoms with Gasteiger partial charge in [0.25, 0.3) is 0 Å². The number of fused-ring (bicyclic) bond motifs is 1. The lowest BCUT2D eigenvalue weighted by atomic mass is 10.1. The number of halogens is 1. The zero-order chi connectivity index (χ0) is 11.7. The highest BCUT2D eigenvalue weighted by Crippen LogP contribution is 2.30. The summed E-state index contributed by atoms with van der Waals surface area (Å²) >= 11 is 6.00. The summed E-state index contributed by atoms with van der Waals surface area (Å²) in [7, 11) is 0. The number of nitrogen functional groups attached to an aromatic ring is 1. The summed E-state index contributed by atoms with van der Waals surface area (Å²) in [6.07, 6.45) is 0.463. The van der Waals surface area contributed by atoms with Crippen molar-refractivity contribution in [1.82, 2.24) is 4.98 Å². The number of hydrogen-bond acceptors (Lipinski definition) is 2. The number of aryl methyl sites for hydroxylation is 1. The van der Waals surface area contributed by atoms with E-state index < -0.39 is 5.97 Å². The van der Waals surface area contributed by atoms with E-state index in [1.807, 2.05) is 12.1 Å². The Bertz CT molecular complexity index is 548. The normalized spacial score (nSPS) is 10.8. The summed E-state index contributed by atoms with van der Waals surface area (Å²) in [5.74, 6) is -0.347. The van der Waals surface area contributed by atoms with E-state index in [1.54, 1.807) is 6.07 Å². The van der Waals surface area contributed by atoms with E-state index in [1.165, 1.54) is 0 Å². The van der Waals surface area contributed by atoms with Gasteiger partial charge in [-0.05, 0) is 12.5 Å². The van der Waals surface area contributed by atoms with Gasteiger partial charge in [-0.3, -0.25) is 4.79 Å². The topological polar surface area (TPSA) is 79.1 Å². The smallest absolute Gasteiger partial charge is 0.303 e. The van der Waals surface area contributed by atoms with Crippen LogP contribution < -0.4 is 5.73 Å². The van der Waals surface area contributed by atoms with E-state index in [4.69, 9.17) is 22.4 Å². The minimum atomic E-state index is -0.837. The largest absolute Gasteiger partial charge is 0.481 e. The fourth-order valence-electron chi connectivity index (χ4n) is 1.76. The highest BCUT2D eigenvalue weighted by atomic mass is 35.5. The maximum Gasteiger partial charge on any atom is 0.303 e. The van der Waals surface area contributed by atoms with Gasteiger partial charge >= 0.3 is 5.97 Å². The van der Waals surface area contributed by atoms with Crippen LogP contribution in [0.5, 0.6) is 0 Å². The first-order chi connectivity index (χ1) is 7.59. The number of aromatic nitrogens is 1. The molecule has 0 aliphatic rings. The molecular formula is C11H11ClN2O2. The third-order valence-corrected chi connectivity index (χ3v) is 2.83. The molecule has 0 radical (unpaired) electrons. The molecule has 2 rings (SSSR count). The summed E-state index contributed by atoms with van der Waals surface area (Å²) in [6.45, 7) is 0. The molecule has 0 atom stereocenters. The molecule has 1 aromatic heterocycles. The average molecular weight is 239 g/mol. The van der Waals surface area contributed by atoms with Crippen molar-refractivity contribution >= 4 is 34.3 Å². The summed E-state index contributed by atoms with van der Waals surface area (Å²) < 4.78 is 0. The number of anilines is 1. The van der Waals surface area contributed by atoms with E-state index in [2.05, 4.69) is 4.98 Å². The first-order valence-electron chi connectivity index (χ1n) is 4.86. The van der Waals surface area contributed by atoms with Gasteiger partial charge in [0.15, 0.2) is 0 Å². The minimum absolute atomic E-state index is 0.0592. The van der Waals surface area contributed by atoms with Crippen molar-refractivity contribution in [1.29, 1.82) is 0 Å². The first-order valence-corrected chi connectivity index (χ1v) is 5.23. The van der Waals surface area contributed by atoms with Crippen LogP contribution in [0.3, 0.4) is 0 Å². The maximum absolute atomic E-state index is 10.5. The number of nitrogens with two attached hydrogens (primary N) is 1. The molecule has 0 saturated heterocycles. The number of carboxylic acid groups (broad SMARTS) is 1. The van der Waals surface area contributed by atoms with Gasteiger partial charge in [-0.15, -0.1) is 0 Å². The molecule has 0 bridgehead atoms. The zero-order valence-corrected chi connectivity index (χ0v) is 9.21. The molecular weight excluding hydrogens is 228 g/mol. The second-order valence-corrected chi connectivity index (χ2v) is 3.98. The molecule has 84 valence electrons. The van der Waals surface area contributed by atoms with E-state index in [0.29, 0.717) is 17.3 Å². The molecule has 1 aromatic carbocycles. The third-order valence-electron chi connectivity index (χ3n) is 2.51. The lowest BCUT2D eigenvalue weighted by Crippen LogP contribution is -1.99. The highest BCUT2D eigenvalue weighted by molar-refractivity contribution is 6.35. The van der Waals surface area contributed by atoms with Crippen LogP contribution in [0.15, 0.2) is 18.2 Å². The predicted molar refractivity (Wildman–Crippen MR) is 63.7 cm³/mol. The Morgan fingerprint density at radius 2 is 2.25 bits per heavy atom. The molecule has 16 heavy (non-hydrogen) atoms. The van der Waals surface area contributed by atoms with Crippen LogP contribution in [0.4, 0.5) is 5.82 Å². The van der Waals surface area contributed by atoms with Gasteiger partial charge in [0, 0.05) is 17.4 Å². The maximum atomic E-state index is 10.5. The standard InChI is InChI=1S/C11H11ClN2O2/c12-8-3-1-2-6-7(4-5-9(15)16)11(13)14-10(6)8/h1-3,14H,4-5,13H2,(H,15,16). The molecule has 0 fully saturated rings. The molecule has 4 N–H and O–H groups in total. The Hall–Kier alpha value is -1.68. The number of carboxylic acids is 1. The van der Waals surface area contributed by atoms with Gasteiger partial charge < -0.3 is 15.8 Å². The van der Waals surface area contributed by atoms with Crippen molar-refractivity contribution in [3.8, 4) is 0 Å². The summed E-state index contributed by atoms with van der Waals surface area (Å²) in [5.41, 5.74) is 7.39. The number of H-pyrrole nitrogens is 1. The fourth-order valence-corrected chi connectivity index (χ4v) is 1.98. The number of aliphatic carboxylic acids is 1. The number of hydrogen-bond donors (Lipinski definition) is 3. The third kappa shape index (κ3) is 1.84. The second kappa shape index (κ2) is 4.06. The van der Waals surface area contributed by atoms with Gasteiger partial charge in [0.1, 0.15) is 5.82 Å². The first kappa shape index (κ1) is 10.8. The van der Waals surface area contributed by atoms with Crippen LogP contribution in [-0.2, 0) is 11.2 Å². The number of aromatic amines is 1. The molecule has 0 amide bonds. The lowest BCUT2D eigenvalue weighted by molar-refractivity contribution is -0.136. The Morgan fingerprint density at radius 3 is 2.94 bits per heavy atom. The number of nitrogens with one attached hydrogen (secondary N) is 1. The van der Waals surface area contributed by atoms with Gasteiger partial charge in [-0.1, -0.05) is 23.7 Å². The van der Waals surface area contributed by atoms with Crippen LogP contribution in [0.25, 0.3) is 10.9 Å². The minimum Gasteiger partial charge on any atom is -0.481 e. The quantitative estimate of drug-likeness (QED) is 0.768. The average Bonchev–Trinajstić information content (AvgIpc) is 2.53. The van der Waals surface area contributed by atoms with E-state index in [9.17, 15) is 4.79 Å². The monoisotopic (exact) mass is 238 g/mol. The van der Waals surface area contributed by atoms with Gasteiger partial charge in [-0.2, -0.15) is 0 Å². The molecule has 0 unspecified atom stereocenters. The van der Waals surface area contributed by atoms with Crippen molar-refractivity contribution in [3.63, 3.8) is 0 Å². The summed E-state index contributed by atoms with van der Waals surface area (Å²) in [4.78, 5) is 13.5. The number of para-hydroxylation sites is 1. The predicted octanol–water partition coefficient (Wildman–Crippen LogP) is 2.42. The SMILES string of the molecule is Nc1[nH]c2c(Cl)cccc2c1CCC(=O)O. The molecule has 0 aliphatic carbocycles. The van der Waals surface area contributed by atoms with Crippen molar-refractivity contribution in [2.24, 2.45) is 0 Å². The van der Waals surface area contributed by atoms with Crippen LogP contribution in [0.1, 0.15) is 12.0 Å². The molecule has 2 aromatic rings. The van der Waals surface area contributed by atoms with Crippen molar-refractivity contribution < 1.29 is 9.90 Å². The number of rotatable bonds is 3. The van der Waals surface area contributed by atoms with Gasteiger partial charge in [-0.25, -0.2) is 0 Å². The summed E-state index contributed by atoms with van der Waals surface area (Å²) in [5, 5.41) is 10.1.